The van der Waals surface area contributed by atoms with Gasteiger partial charge < -0.3 is 10.0 Å². The fourth-order valence-electron chi connectivity index (χ4n) is 4.74. The van der Waals surface area contributed by atoms with Gasteiger partial charge in [-0.3, -0.25) is 4.79 Å². The second-order valence-corrected chi connectivity index (χ2v) is 7.33. The van der Waals surface area contributed by atoms with E-state index in [0.717, 1.165) is 0 Å². The Bertz CT molecular complexity index is 613. The Morgan fingerprint density at radius 1 is 1.36 bits per heavy atom. The minimum atomic E-state index is -1.06. The monoisotopic (exact) mass is 307 g/mol. The van der Waals surface area contributed by atoms with Crippen LogP contribution in [0.3, 0.4) is 0 Å². The second-order valence-electron chi connectivity index (χ2n) is 7.33. The van der Waals surface area contributed by atoms with E-state index >= 15 is 0 Å². The number of aliphatic hydroxyl groups is 1. The van der Waals surface area contributed by atoms with Crippen molar-refractivity contribution in [3.05, 3.63) is 35.6 Å². The molecule has 1 N–H and O–H groups in total. The Balaban J connectivity index is 1.56. The Labute approximate surface area is 127 Å². The van der Waals surface area contributed by atoms with Crippen LogP contribution in [0.15, 0.2) is 24.3 Å². The molecule has 4 aliphatic rings. The van der Waals surface area contributed by atoms with Gasteiger partial charge in [0.15, 0.2) is 0 Å². The fourth-order valence-corrected chi connectivity index (χ4v) is 4.74. The number of rotatable bonds is 3. The molecule has 0 aromatic heterocycles. The quantitative estimate of drug-likeness (QED) is 0.932. The van der Waals surface area contributed by atoms with Crippen LogP contribution in [0.1, 0.15) is 37.3 Å². The van der Waals surface area contributed by atoms with Crippen molar-refractivity contribution in [2.24, 2.45) is 10.8 Å². The van der Waals surface area contributed by atoms with Gasteiger partial charge in [-0.1, -0.05) is 12.1 Å². The predicted molar refractivity (Wildman–Crippen MR) is 76.2 cm³/mol. The number of carbonyl (C=O) groups excluding carboxylic acids is 1. The highest BCUT2D eigenvalue weighted by molar-refractivity contribution is 5.87. The highest BCUT2D eigenvalue weighted by Crippen LogP contribution is 2.73. The molecule has 3 saturated carbocycles. The van der Waals surface area contributed by atoms with Crippen molar-refractivity contribution in [2.45, 2.75) is 37.9 Å². The second kappa shape index (κ2) is 4.51. The molecule has 2 atom stereocenters. The normalized spacial score (nSPS) is 39.3. The number of alkyl halides is 1. The van der Waals surface area contributed by atoms with Crippen molar-refractivity contribution in [3.8, 4) is 0 Å². The third kappa shape index (κ3) is 1.84. The average molecular weight is 307 g/mol. The summed E-state index contributed by atoms with van der Waals surface area (Å²) in [6.07, 6.45) is 1.29. The van der Waals surface area contributed by atoms with Crippen LogP contribution in [0.2, 0.25) is 0 Å². The molecule has 5 heteroatoms. The maximum atomic E-state index is 13.9. The molecule has 3 aliphatic carbocycles. The van der Waals surface area contributed by atoms with Crippen LogP contribution in [-0.4, -0.2) is 35.2 Å². The van der Waals surface area contributed by atoms with Gasteiger partial charge in [0.05, 0.1) is 18.0 Å². The Morgan fingerprint density at radius 3 is 2.73 bits per heavy atom. The Hall–Kier alpha value is -1.49. The van der Waals surface area contributed by atoms with Gasteiger partial charge in [-0.25, -0.2) is 8.78 Å². The molecule has 5 rings (SSSR count). The summed E-state index contributed by atoms with van der Waals surface area (Å²) >= 11 is 0. The molecule has 1 aromatic carbocycles. The maximum Gasteiger partial charge on any atom is 0.229 e. The van der Waals surface area contributed by atoms with Crippen LogP contribution in [0.25, 0.3) is 0 Å². The molecule has 1 amide bonds. The van der Waals surface area contributed by atoms with Crippen molar-refractivity contribution in [2.75, 3.05) is 13.2 Å². The maximum absolute atomic E-state index is 13.9. The van der Waals surface area contributed by atoms with Crippen LogP contribution in [0.4, 0.5) is 8.78 Å². The minimum Gasteiger partial charge on any atom is -0.396 e. The minimum absolute atomic E-state index is 0.0164. The molecular weight excluding hydrogens is 288 g/mol. The van der Waals surface area contributed by atoms with Gasteiger partial charge >= 0.3 is 0 Å². The first-order chi connectivity index (χ1) is 10.5. The van der Waals surface area contributed by atoms with Crippen molar-refractivity contribution >= 4 is 5.91 Å². The standard InChI is InChI=1S/C17H19F2NO2/c18-12-3-1-2-11(4-12)14-5-13(19)6-20(14)15(22)17-7-16(8-17,9-17)10-21/h1-4,13-14,21H,5-10H2. The molecule has 1 heterocycles. The molecule has 2 bridgehead atoms. The summed E-state index contributed by atoms with van der Waals surface area (Å²) in [7, 11) is 0. The molecule has 1 saturated heterocycles. The van der Waals surface area contributed by atoms with Gasteiger partial charge in [0.25, 0.3) is 0 Å². The topological polar surface area (TPSA) is 40.5 Å². The third-order valence-corrected chi connectivity index (χ3v) is 5.67. The van der Waals surface area contributed by atoms with Crippen molar-refractivity contribution < 1.29 is 18.7 Å². The average Bonchev–Trinajstić information content (AvgIpc) is 2.78. The van der Waals surface area contributed by atoms with Crippen LogP contribution in [0, 0.1) is 16.6 Å². The van der Waals surface area contributed by atoms with Gasteiger partial charge in [0.1, 0.15) is 12.0 Å². The summed E-state index contributed by atoms with van der Waals surface area (Å²) in [6, 6.07) is 5.71. The number of aliphatic hydroxyl groups excluding tert-OH is 1. The van der Waals surface area contributed by atoms with Crippen LogP contribution < -0.4 is 0 Å². The largest absolute Gasteiger partial charge is 0.396 e. The van der Waals surface area contributed by atoms with Gasteiger partial charge in [-0.2, -0.15) is 0 Å². The first kappa shape index (κ1) is 14.1. The van der Waals surface area contributed by atoms with E-state index in [2.05, 4.69) is 0 Å². The van der Waals surface area contributed by atoms with E-state index in [1.807, 2.05) is 0 Å². The summed E-state index contributed by atoms with van der Waals surface area (Å²) in [6.45, 7) is 0.217. The molecule has 22 heavy (non-hydrogen) atoms. The smallest absolute Gasteiger partial charge is 0.229 e. The van der Waals surface area contributed by atoms with E-state index in [4.69, 9.17) is 0 Å². The number of hydrogen-bond acceptors (Lipinski definition) is 2. The highest BCUT2D eigenvalue weighted by Gasteiger charge is 2.72. The zero-order valence-corrected chi connectivity index (χ0v) is 12.3. The van der Waals surface area contributed by atoms with Crippen molar-refractivity contribution in [3.63, 3.8) is 0 Å². The van der Waals surface area contributed by atoms with Gasteiger partial charge in [0.2, 0.25) is 5.91 Å². The van der Waals surface area contributed by atoms with E-state index in [0.29, 0.717) is 24.8 Å². The van der Waals surface area contributed by atoms with Crippen molar-refractivity contribution in [1.82, 2.24) is 4.90 Å². The fraction of sp³-hybridized carbons (Fsp3) is 0.588. The third-order valence-electron chi connectivity index (χ3n) is 5.67. The summed E-state index contributed by atoms with van der Waals surface area (Å²) in [4.78, 5) is 14.4. The van der Waals surface area contributed by atoms with Crippen LogP contribution in [-0.2, 0) is 4.79 Å². The lowest BCUT2D eigenvalue weighted by atomic mass is 9.35. The van der Waals surface area contributed by atoms with E-state index in [9.17, 15) is 18.7 Å². The first-order valence-electron chi connectivity index (χ1n) is 7.79. The summed E-state index contributed by atoms with van der Waals surface area (Å²) in [5, 5.41) is 9.32. The lowest BCUT2D eigenvalue weighted by Crippen LogP contribution is -2.69. The number of hydrogen-bond donors (Lipinski definition) is 1. The molecular formula is C17H19F2NO2. The van der Waals surface area contributed by atoms with Crippen molar-refractivity contribution in [1.29, 1.82) is 0 Å². The Morgan fingerprint density at radius 2 is 2.09 bits per heavy atom. The van der Waals surface area contributed by atoms with E-state index in [-0.39, 0.29) is 42.8 Å². The van der Waals surface area contributed by atoms with Gasteiger partial charge in [0, 0.05) is 13.0 Å². The number of nitrogens with zero attached hydrogens (tertiary/aromatic N) is 1. The zero-order chi connectivity index (χ0) is 15.5. The number of halogens is 2. The predicted octanol–water partition coefficient (Wildman–Crippen LogP) is 2.60. The van der Waals surface area contributed by atoms with Crippen LogP contribution >= 0.6 is 0 Å². The summed E-state index contributed by atoms with van der Waals surface area (Å²) < 4.78 is 27.3. The lowest BCUT2D eigenvalue weighted by Gasteiger charge is -2.69. The van der Waals surface area contributed by atoms with Gasteiger partial charge in [-0.05, 0) is 42.4 Å². The van der Waals surface area contributed by atoms with E-state index < -0.39 is 11.6 Å². The number of carbonyl (C=O) groups is 1. The molecule has 2 unspecified atom stereocenters. The Kier molecular flexibility index (Phi) is 2.89. The molecule has 1 aliphatic heterocycles. The van der Waals surface area contributed by atoms with Crippen LogP contribution in [0.5, 0.6) is 0 Å². The van der Waals surface area contributed by atoms with E-state index in [1.54, 1.807) is 17.0 Å². The van der Waals surface area contributed by atoms with Gasteiger partial charge in [-0.15, -0.1) is 0 Å². The lowest BCUT2D eigenvalue weighted by molar-refractivity contribution is -0.229. The zero-order valence-electron chi connectivity index (χ0n) is 12.3. The molecule has 0 radical (unpaired) electrons. The summed E-state index contributed by atoms with van der Waals surface area (Å²) in [5.41, 5.74) is 0.217. The van der Waals surface area contributed by atoms with E-state index in [1.165, 1.54) is 12.1 Å². The molecule has 0 spiro atoms. The highest BCUT2D eigenvalue weighted by atomic mass is 19.1. The molecule has 118 valence electrons. The number of likely N-dealkylation sites (tertiary alicyclic amines) is 1. The number of amides is 1. The SMILES string of the molecule is O=C(N1CC(F)CC1c1cccc(F)c1)C12CC(CO)(C1)C2. The number of benzene rings is 1. The summed E-state index contributed by atoms with van der Waals surface area (Å²) in [5.74, 6) is -0.380. The molecule has 1 aromatic rings. The molecule has 3 nitrogen and oxygen atoms in total. The first-order valence-corrected chi connectivity index (χ1v) is 7.79. The molecule has 4 fully saturated rings.